The number of nitrogens with zero attached hydrogens (tertiary/aromatic N) is 3. The SMILES string of the molecule is Cc1cc2nc(-c3cccc4c3oc3cc(F)ccc34)n(-c3ccccc3)c2cn1. The fourth-order valence-electron chi connectivity index (χ4n) is 4.05. The molecule has 30 heavy (non-hydrogen) atoms. The molecule has 0 N–H and O–H groups in total. The van der Waals surface area contributed by atoms with Crippen molar-refractivity contribution in [1.82, 2.24) is 14.5 Å². The van der Waals surface area contributed by atoms with E-state index >= 15 is 0 Å². The van der Waals surface area contributed by atoms with Crippen LogP contribution in [0.5, 0.6) is 0 Å². The van der Waals surface area contributed by atoms with Crippen molar-refractivity contribution in [2.24, 2.45) is 0 Å². The lowest BCUT2D eigenvalue weighted by molar-refractivity contribution is 0.618. The van der Waals surface area contributed by atoms with Gasteiger partial charge in [-0.15, -0.1) is 0 Å². The van der Waals surface area contributed by atoms with Gasteiger partial charge in [-0.1, -0.05) is 30.3 Å². The van der Waals surface area contributed by atoms with Crippen molar-refractivity contribution in [3.05, 3.63) is 90.5 Å². The van der Waals surface area contributed by atoms with Crippen LogP contribution in [0.1, 0.15) is 5.69 Å². The Morgan fingerprint density at radius 2 is 1.77 bits per heavy atom. The highest BCUT2D eigenvalue weighted by Gasteiger charge is 2.20. The van der Waals surface area contributed by atoms with Crippen molar-refractivity contribution in [2.75, 3.05) is 0 Å². The minimum absolute atomic E-state index is 0.318. The molecule has 0 aliphatic carbocycles. The number of benzene rings is 3. The number of furan rings is 1. The fraction of sp³-hybridized carbons (Fsp3) is 0.0400. The van der Waals surface area contributed by atoms with Crippen LogP contribution < -0.4 is 0 Å². The van der Waals surface area contributed by atoms with Gasteiger partial charge in [0.05, 0.1) is 22.8 Å². The molecule has 0 radical (unpaired) electrons. The number of fused-ring (bicyclic) bond motifs is 4. The zero-order chi connectivity index (χ0) is 20.2. The second-order valence-electron chi connectivity index (χ2n) is 7.35. The highest BCUT2D eigenvalue weighted by molar-refractivity contribution is 6.09. The summed E-state index contributed by atoms with van der Waals surface area (Å²) in [4.78, 5) is 9.43. The summed E-state index contributed by atoms with van der Waals surface area (Å²) < 4.78 is 22.0. The summed E-state index contributed by atoms with van der Waals surface area (Å²) in [6.45, 7) is 1.95. The molecular weight excluding hydrogens is 377 g/mol. The second-order valence-corrected chi connectivity index (χ2v) is 7.35. The number of aromatic nitrogens is 3. The van der Waals surface area contributed by atoms with Crippen LogP contribution in [-0.4, -0.2) is 14.5 Å². The van der Waals surface area contributed by atoms with Gasteiger partial charge < -0.3 is 4.42 Å². The van der Waals surface area contributed by atoms with E-state index in [9.17, 15) is 4.39 Å². The average Bonchev–Trinajstić information content (AvgIpc) is 3.31. The Balaban J connectivity index is 1.73. The maximum Gasteiger partial charge on any atom is 0.149 e. The van der Waals surface area contributed by atoms with Gasteiger partial charge in [0.2, 0.25) is 0 Å². The maximum absolute atomic E-state index is 13.8. The van der Waals surface area contributed by atoms with Gasteiger partial charge in [0.1, 0.15) is 22.8 Å². The Morgan fingerprint density at radius 3 is 2.63 bits per heavy atom. The van der Waals surface area contributed by atoms with Crippen LogP contribution in [0.2, 0.25) is 0 Å². The molecule has 0 spiro atoms. The molecule has 3 heterocycles. The molecule has 4 nitrogen and oxygen atoms in total. The molecule has 3 aromatic carbocycles. The Labute approximate surface area is 171 Å². The fourth-order valence-corrected chi connectivity index (χ4v) is 4.05. The number of rotatable bonds is 2. The van der Waals surface area contributed by atoms with E-state index < -0.39 is 0 Å². The normalized spacial score (nSPS) is 11.7. The number of hydrogen-bond acceptors (Lipinski definition) is 3. The third-order valence-corrected chi connectivity index (χ3v) is 5.39. The van der Waals surface area contributed by atoms with Crippen LogP contribution in [-0.2, 0) is 0 Å². The first-order chi connectivity index (χ1) is 14.7. The standard InChI is InChI=1S/C25H16FN3O/c1-15-12-21-22(14-27-15)29(17-6-3-2-4-7-17)25(28-21)20-9-5-8-19-18-11-10-16(26)13-23(18)30-24(19)20/h2-14H,1H3. The molecule has 6 rings (SSSR count). The number of pyridine rings is 1. The van der Waals surface area contributed by atoms with E-state index in [2.05, 4.69) is 9.55 Å². The molecule has 0 saturated heterocycles. The van der Waals surface area contributed by atoms with Gasteiger partial charge in [-0.05, 0) is 43.3 Å². The largest absolute Gasteiger partial charge is 0.455 e. The van der Waals surface area contributed by atoms with E-state index in [-0.39, 0.29) is 5.82 Å². The Kier molecular flexibility index (Phi) is 3.53. The predicted octanol–water partition coefficient (Wildman–Crippen LogP) is 6.43. The van der Waals surface area contributed by atoms with Gasteiger partial charge in [-0.2, -0.15) is 0 Å². The molecule has 0 atom stereocenters. The average molecular weight is 393 g/mol. The molecule has 3 aromatic heterocycles. The number of halogens is 1. The highest BCUT2D eigenvalue weighted by Crippen LogP contribution is 2.37. The van der Waals surface area contributed by atoms with Gasteiger partial charge >= 0.3 is 0 Å². The number of hydrogen-bond donors (Lipinski definition) is 0. The Bertz CT molecular complexity index is 1560. The lowest BCUT2D eigenvalue weighted by Crippen LogP contribution is -1.97. The zero-order valence-electron chi connectivity index (χ0n) is 16.1. The first kappa shape index (κ1) is 16.9. The lowest BCUT2D eigenvalue weighted by atomic mass is 10.1. The molecule has 0 saturated carbocycles. The molecule has 0 fully saturated rings. The molecule has 0 aliphatic rings. The zero-order valence-corrected chi connectivity index (χ0v) is 16.1. The van der Waals surface area contributed by atoms with Crippen molar-refractivity contribution < 1.29 is 8.81 Å². The van der Waals surface area contributed by atoms with E-state index in [1.54, 1.807) is 6.07 Å². The third kappa shape index (κ3) is 2.45. The molecule has 0 unspecified atom stereocenters. The van der Waals surface area contributed by atoms with Crippen LogP contribution in [0.3, 0.4) is 0 Å². The smallest absolute Gasteiger partial charge is 0.149 e. The van der Waals surface area contributed by atoms with Gasteiger partial charge in [0, 0.05) is 28.2 Å². The molecule has 0 amide bonds. The highest BCUT2D eigenvalue weighted by atomic mass is 19.1. The van der Waals surface area contributed by atoms with Crippen LogP contribution >= 0.6 is 0 Å². The van der Waals surface area contributed by atoms with Crippen molar-refractivity contribution in [2.45, 2.75) is 6.92 Å². The summed E-state index contributed by atoms with van der Waals surface area (Å²) in [7, 11) is 0. The minimum Gasteiger partial charge on any atom is -0.455 e. The Morgan fingerprint density at radius 1 is 0.900 bits per heavy atom. The lowest BCUT2D eigenvalue weighted by Gasteiger charge is -2.09. The summed E-state index contributed by atoms with van der Waals surface area (Å²) in [6, 6.07) is 22.6. The van der Waals surface area contributed by atoms with Crippen molar-refractivity contribution in [3.63, 3.8) is 0 Å². The van der Waals surface area contributed by atoms with Crippen LogP contribution in [0.15, 0.2) is 83.4 Å². The Hall–Kier alpha value is -3.99. The van der Waals surface area contributed by atoms with E-state index in [4.69, 9.17) is 9.40 Å². The first-order valence-corrected chi connectivity index (χ1v) is 9.71. The van der Waals surface area contributed by atoms with Crippen LogP contribution in [0.4, 0.5) is 4.39 Å². The number of aryl methyl sites for hydroxylation is 1. The molecule has 0 aliphatic heterocycles. The van der Waals surface area contributed by atoms with E-state index in [0.29, 0.717) is 11.2 Å². The van der Waals surface area contributed by atoms with Crippen LogP contribution in [0.25, 0.3) is 50.0 Å². The summed E-state index contributed by atoms with van der Waals surface area (Å²) in [5.74, 6) is 0.440. The summed E-state index contributed by atoms with van der Waals surface area (Å²) >= 11 is 0. The maximum atomic E-state index is 13.8. The van der Waals surface area contributed by atoms with Gasteiger partial charge in [0.15, 0.2) is 0 Å². The third-order valence-electron chi connectivity index (χ3n) is 5.39. The molecule has 5 heteroatoms. The van der Waals surface area contributed by atoms with Crippen molar-refractivity contribution in [1.29, 1.82) is 0 Å². The van der Waals surface area contributed by atoms with Gasteiger partial charge in [0.25, 0.3) is 0 Å². The summed E-state index contributed by atoms with van der Waals surface area (Å²) in [5, 5.41) is 1.82. The monoisotopic (exact) mass is 393 g/mol. The first-order valence-electron chi connectivity index (χ1n) is 9.71. The molecule has 144 valence electrons. The summed E-state index contributed by atoms with van der Waals surface area (Å²) in [6.07, 6.45) is 1.85. The number of imidazole rings is 1. The quantitative estimate of drug-likeness (QED) is 0.340. The van der Waals surface area contributed by atoms with E-state index in [1.807, 2.05) is 67.7 Å². The van der Waals surface area contributed by atoms with Gasteiger partial charge in [-0.3, -0.25) is 9.55 Å². The molecule has 6 aromatic rings. The van der Waals surface area contributed by atoms with Gasteiger partial charge in [-0.25, -0.2) is 9.37 Å². The molecular formula is C25H16FN3O. The number of para-hydroxylation sites is 2. The van der Waals surface area contributed by atoms with Crippen molar-refractivity contribution in [3.8, 4) is 17.1 Å². The summed E-state index contributed by atoms with van der Waals surface area (Å²) in [5.41, 5.74) is 5.74. The van der Waals surface area contributed by atoms with E-state index in [0.717, 1.165) is 44.6 Å². The van der Waals surface area contributed by atoms with E-state index in [1.165, 1.54) is 12.1 Å². The topological polar surface area (TPSA) is 43.9 Å². The molecule has 0 bridgehead atoms. The minimum atomic E-state index is -0.318. The second kappa shape index (κ2) is 6.26. The van der Waals surface area contributed by atoms with Crippen molar-refractivity contribution >= 4 is 33.0 Å². The van der Waals surface area contributed by atoms with Crippen LogP contribution in [0, 0.1) is 12.7 Å². The predicted molar refractivity (Wildman–Crippen MR) is 116 cm³/mol.